The van der Waals surface area contributed by atoms with E-state index in [9.17, 15) is 0 Å². The summed E-state index contributed by atoms with van der Waals surface area (Å²) in [6, 6.07) is 0. The third-order valence-corrected chi connectivity index (χ3v) is 2.30. The van der Waals surface area contributed by atoms with Crippen LogP contribution in [0.15, 0.2) is 11.3 Å². The lowest BCUT2D eigenvalue weighted by atomic mass is 9.83. The van der Waals surface area contributed by atoms with Crippen LogP contribution < -0.4 is 0 Å². The molecule has 2 rings (SSSR count). The SMILES string of the molecule is CC1CC2=C(CC2C)O1. The van der Waals surface area contributed by atoms with Gasteiger partial charge in [-0.15, -0.1) is 0 Å². The third-order valence-electron chi connectivity index (χ3n) is 2.30. The molecule has 1 aliphatic carbocycles. The van der Waals surface area contributed by atoms with E-state index in [4.69, 9.17) is 4.74 Å². The highest BCUT2D eigenvalue weighted by Crippen LogP contribution is 2.43. The van der Waals surface area contributed by atoms with E-state index in [1.165, 1.54) is 18.6 Å². The fourth-order valence-corrected chi connectivity index (χ4v) is 1.71. The fraction of sp³-hybridized carbons (Fsp3) is 0.750. The summed E-state index contributed by atoms with van der Waals surface area (Å²) in [6.45, 7) is 4.42. The minimum Gasteiger partial charge on any atom is -0.495 e. The Kier molecular flexibility index (Phi) is 0.904. The van der Waals surface area contributed by atoms with Crippen LogP contribution in [-0.2, 0) is 4.74 Å². The van der Waals surface area contributed by atoms with Gasteiger partial charge >= 0.3 is 0 Å². The van der Waals surface area contributed by atoms with Gasteiger partial charge in [0.1, 0.15) is 0 Å². The summed E-state index contributed by atoms with van der Waals surface area (Å²) in [5, 5.41) is 0. The Labute approximate surface area is 55.7 Å². The molecule has 2 unspecified atom stereocenters. The van der Waals surface area contributed by atoms with Crippen molar-refractivity contribution in [2.75, 3.05) is 0 Å². The quantitative estimate of drug-likeness (QED) is 0.480. The van der Waals surface area contributed by atoms with Gasteiger partial charge in [-0.3, -0.25) is 0 Å². The summed E-state index contributed by atoms with van der Waals surface area (Å²) in [4.78, 5) is 0. The molecule has 0 saturated heterocycles. The van der Waals surface area contributed by atoms with Gasteiger partial charge in [-0.25, -0.2) is 0 Å². The normalized spacial score (nSPS) is 39.8. The fourth-order valence-electron chi connectivity index (χ4n) is 1.71. The number of ether oxygens (including phenoxy) is 1. The lowest BCUT2D eigenvalue weighted by Crippen LogP contribution is -2.10. The molecule has 2 atom stereocenters. The molecule has 2 aliphatic rings. The first-order valence-electron chi connectivity index (χ1n) is 3.66. The van der Waals surface area contributed by atoms with Gasteiger partial charge in [0.15, 0.2) is 0 Å². The van der Waals surface area contributed by atoms with Crippen molar-refractivity contribution in [2.24, 2.45) is 5.92 Å². The molecule has 9 heavy (non-hydrogen) atoms. The van der Waals surface area contributed by atoms with Crippen molar-refractivity contribution in [3.8, 4) is 0 Å². The van der Waals surface area contributed by atoms with Crippen LogP contribution in [0.25, 0.3) is 0 Å². The van der Waals surface area contributed by atoms with Crippen LogP contribution in [0, 0.1) is 5.92 Å². The average Bonchev–Trinajstić information content (AvgIpc) is 2.08. The zero-order chi connectivity index (χ0) is 6.43. The zero-order valence-electron chi connectivity index (χ0n) is 5.98. The highest BCUT2D eigenvalue weighted by molar-refractivity contribution is 5.27. The highest BCUT2D eigenvalue weighted by Gasteiger charge is 2.34. The molecule has 0 saturated carbocycles. The van der Waals surface area contributed by atoms with Gasteiger partial charge in [-0.2, -0.15) is 0 Å². The maximum atomic E-state index is 5.51. The molecular formula is C8H12O. The Hall–Kier alpha value is -0.460. The van der Waals surface area contributed by atoms with Crippen LogP contribution in [0.4, 0.5) is 0 Å². The number of rotatable bonds is 0. The maximum Gasteiger partial charge on any atom is 0.0992 e. The molecule has 0 aromatic heterocycles. The molecule has 0 radical (unpaired) electrons. The van der Waals surface area contributed by atoms with Crippen molar-refractivity contribution < 1.29 is 4.74 Å². The summed E-state index contributed by atoms with van der Waals surface area (Å²) >= 11 is 0. The van der Waals surface area contributed by atoms with Crippen molar-refractivity contribution in [2.45, 2.75) is 32.8 Å². The molecule has 0 aromatic carbocycles. The molecule has 0 N–H and O–H groups in total. The molecule has 0 aromatic rings. The molecular weight excluding hydrogens is 112 g/mol. The van der Waals surface area contributed by atoms with E-state index in [2.05, 4.69) is 13.8 Å². The number of hydrogen-bond acceptors (Lipinski definition) is 1. The van der Waals surface area contributed by atoms with Crippen molar-refractivity contribution in [3.63, 3.8) is 0 Å². The Morgan fingerprint density at radius 3 is 2.56 bits per heavy atom. The predicted molar refractivity (Wildman–Crippen MR) is 36.0 cm³/mol. The summed E-state index contributed by atoms with van der Waals surface area (Å²) in [6.07, 6.45) is 2.86. The molecule has 1 nitrogen and oxygen atoms in total. The van der Waals surface area contributed by atoms with Gasteiger partial charge < -0.3 is 4.74 Å². The highest BCUT2D eigenvalue weighted by atomic mass is 16.5. The zero-order valence-corrected chi connectivity index (χ0v) is 5.98. The molecule has 0 amide bonds. The van der Waals surface area contributed by atoms with Crippen LogP contribution in [-0.4, -0.2) is 6.10 Å². The van der Waals surface area contributed by atoms with Gasteiger partial charge in [0.2, 0.25) is 0 Å². The molecule has 50 valence electrons. The van der Waals surface area contributed by atoms with Crippen LogP contribution in [0.1, 0.15) is 26.7 Å². The first kappa shape index (κ1) is 5.33. The summed E-state index contributed by atoms with van der Waals surface area (Å²) < 4.78 is 5.51. The smallest absolute Gasteiger partial charge is 0.0992 e. The average molecular weight is 124 g/mol. The van der Waals surface area contributed by atoms with E-state index < -0.39 is 0 Å². The minimum absolute atomic E-state index is 0.472. The van der Waals surface area contributed by atoms with E-state index in [0.717, 1.165) is 5.92 Å². The van der Waals surface area contributed by atoms with Gasteiger partial charge in [0.05, 0.1) is 11.9 Å². The van der Waals surface area contributed by atoms with E-state index in [0.29, 0.717) is 6.10 Å². The number of allylic oxidation sites excluding steroid dienone is 1. The van der Waals surface area contributed by atoms with Crippen LogP contribution in [0.2, 0.25) is 0 Å². The lowest BCUT2D eigenvalue weighted by molar-refractivity contribution is 0.148. The molecule has 0 bridgehead atoms. The molecule has 0 spiro atoms. The van der Waals surface area contributed by atoms with Gasteiger partial charge in [0, 0.05) is 12.8 Å². The second-order valence-corrected chi connectivity index (χ2v) is 3.19. The second kappa shape index (κ2) is 1.53. The van der Waals surface area contributed by atoms with Gasteiger partial charge in [-0.1, -0.05) is 6.92 Å². The second-order valence-electron chi connectivity index (χ2n) is 3.19. The molecule has 1 heteroatoms. The van der Waals surface area contributed by atoms with E-state index >= 15 is 0 Å². The van der Waals surface area contributed by atoms with Crippen molar-refractivity contribution in [3.05, 3.63) is 11.3 Å². The Morgan fingerprint density at radius 2 is 2.11 bits per heavy atom. The molecule has 1 heterocycles. The lowest BCUT2D eigenvalue weighted by Gasteiger charge is -2.22. The predicted octanol–water partition coefficient (Wildman–Crippen LogP) is 2.09. The van der Waals surface area contributed by atoms with E-state index in [1.807, 2.05) is 0 Å². The maximum absolute atomic E-state index is 5.51. The standard InChI is InChI=1S/C8H12O/c1-5-3-8-7(5)4-6(2)9-8/h5-6H,3-4H2,1-2H3. The monoisotopic (exact) mass is 124 g/mol. The molecule has 1 aliphatic heterocycles. The van der Waals surface area contributed by atoms with Crippen molar-refractivity contribution in [1.82, 2.24) is 0 Å². The largest absolute Gasteiger partial charge is 0.495 e. The Balaban J connectivity index is 2.15. The summed E-state index contributed by atoms with van der Waals surface area (Å²) in [7, 11) is 0. The topological polar surface area (TPSA) is 9.23 Å². The van der Waals surface area contributed by atoms with Crippen molar-refractivity contribution in [1.29, 1.82) is 0 Å². The Bertz CT molecular complexity index is 169. The van der Waals surface area contributed by atoms with Crippen LogP contribution in [0.5, 0.6) is 0 Å². The van der Waals surface area contributed by atoms with E-state index in [-0.39, 0.29) is 0 Å². The van der Waals surface area contributed by atoms with Gasteiger partial charge in [-0.05, 0) is 18.4 Å². The first-order chi connectivity index (χ1) is 4.27. The third kappa shape index (κ3) is 0.606. The van der Waals surface area contributed by atoms with Gasteiger partial charge in [0.25, 0.3) is 0 Å². The van der Waals surface area contributed by atoms with Crippen LogP contribution >= 0.6 is 0 Å². The Morgan fingerprint density at radius 1 is 1.33 bits per heavy atom. The number of hydrogen-bond donors (Lipinski definition) is 0. The summed E-state index contributed by atoms with van der Waals surface area (Å²) in [5.74, 6) is 2.12. The van der Waals surface area contributed by atoms with Crippen LogP contribution in [0.3, 0.4) is 0 Å². The minimum atomic E-state index is 0.472. The first-order valence-corrected chi connectivity index (χ1v) is 3.66. The van der Waals surface area contributed by atoms with E-state index in [1.54, 1.807) is 5.57 Å². The van der Waals surface area contributed by atoms with Crippen molar-refractivity contribution >= 4 is 0 Å². The summed E-state index contributed by atoms with van der Waals surface area (Å²) in [5.41, 5.74) is 1.59. The molecule has 0 fully saturated rings.